The lowest BCUT2D eigenvalue weighted by atomic mass is 10.0. The van der Waals surface area contributed by atoms with E-state index < -0.39 is 16.5 Å². The molecule has 0 fully saturated rings. The lowest BCUT2D eigenvalue weighted by Crippen LogP contribution is -2.06. The Labute approximate surface area is 120 Å². The molecule has 0 bridgehead atoms. The maximum atomic E-state index is 13.8. The zero-order chi connectivity index (χ0) is 15.4. The van der Waals surface area contributed by atoms with Crippen LogP contribution in [-0.2, 0) is 6.42 Å². The van der Waals surface area contributed by atoms with Gasteiger partial charge < -0.3 is 4.74 Å². The fraction of sp³-hybridized carbons (Fsp3) is 0.133. The highest BCUT2D eigenvalue weighted by Crippen LogP contribution is 2.19. The van der Waals surface area contributed by atoms with Crippen molar-refractivity contribution in [3.63, 3.8) is 0 Å². The van der Waals surface area contributed by atoms with Crippen LogP contribution in [0.4, 0.5) is 10.1 Å². The van der Waals surface area contributed by atoms with E-state index in [1.807, 2.05) is 0 Å². The van der Waals surface area contributed by atoms with Crippen LogP contribution in [-0.4, -0.2) is 17.8 Å². The third kappa shape index (κ3) is 3.42. The molecule has 0 N–H and O–H groups in total. The molecule has 0 aliphatic heterocycles. The molecular formula is C15H12FNO4. The molecule has 2 aromatic carbocycles. The summed E-state index contributed by atoms with van der Waals surface area (Å²) in [6.45, 7) is 0. The van der Waals surface area contributed by atoms with E-state index in [1.165, 1.54) is 43.5 Å². The van der Waals surface area contributed by atoms with Gasteiger partial charge in [-0.1, -0.05) is 12.1 Å². The fourth-order valence-corrected chi connectivity index (χ4v) is 1.87. The lowest BCUT2D eigenvalue weighted by molar-refractivity contribution is -0.384. The molecule has 2 aromatic rings. The maximum Gasteiger partial charge on any atom is 0.269 e. The van der Waals surface area contributed by atoms with Crippen molar-refractivity contribution < 1.29 is 18.8 Å². The normalized spacial score (nSPS) is 10.2. The molecule has 6 heteroatoms. The van der Waals surface area contributed by atoms with E-state index in [-0.39, 0.29) is 17.7 Å². The number of carbonyl (C=O) groups excluding carboxylic acids is 1. The van der Waals surface area contributed by atoms with Crippen molar-refractivity contribution in [3.05, 3.63) is 69.5 Å². The van der Waals surface area contributed by atoms with Crippen LogP contribution in [0.5, 0.6) is 5.75 Å². The first-order chi connectivity index (χ1) is 10.0. The predicted molar refractivity (Wildman–Crippen MR) is 74.1 cm³/mol. The number of methoxy groups -OCH3 is 1. The van der Waals surface area contributed by atoms with Crippen molar-refractivity contribution in [2.75, 3.05) is 7.11 Å². The Morgan fingerprint density at radius 2 is 1.90 bits per heavy atom. The molecule has 21 heavy (non-hydrogen) atoms. The van der Waals surface area contributed by atoms with Gasteiger partial charge in [0.05, 0.1) is 17.6 Å². The number of ether oxygens (including phenoxy) is 1. The summed E-state index contributed by atoms with van der Waals surface area (Å²) in [6.07, 6.45) is -0.0265. The molecular weight excluding hydrogens is 277 g/mol. The molecule has 0 radical (unpaired) electrons. The summed E-state index contributed by atoms with van der Waals surface area (Å²) in [5, 5.41) is 10.5. The van der Waals surface area contributed by atoms with Gasteiger partial charge in [-0.2, -0.15) is 0 Å². The Balaban J connectivity index is 2.16. The standard InChI is InChI=1S/C15H12FNO4/c1-21-12-6-7-13(14(16)9-12)15(18)8-10-2-4-11(5-3-10)17(19)20/h2-7,9H,8H2,1H3. The van der Waals surface area contributed by atoms with Crippen LogP contribution in [0.25, 0.3) is 0 Å². The fourth-order valence-electron chi connectivity index (χ4n) is 1.87. The third-order valence-corrected chi connectivity index (χ3v) is 2.99. The molecule has 2 rings (SSSR count). The van der Waals surface area contributed by atoms with E-state index in [0.717, 1.165) is 6.07 Å². The van der Waals surface area contributed by atoms with Crippen molar-refractivity contribution in [1.82, 2.24) is 0 Å². The van der Waals surface area contributed by atoms with Crippen molar-refractivity contribution >= 4 is 11.5 Å². The Hall–Kier alpha value is -2.76. The van der Waals surface area contributed by atoms with Crippen LogP contribution in [0, 0.1) is 15.9 Å². The van der Waals surface area contributed by atoms with Crippen LogP contribution >= 0.6 is 0 Å². The minimum atomic E-state index is -0.652. The Kier molecular flexibility index (Phi) is 4.27. The van der Waals surface area contributed by atoms with E-state index in [2.05, 4.69) is 0 Å². The number of ketones is 1. The Morgan fingerprint density at radius 3 is 2.43 bits per heavy atom. The quantitative estimate of drug-likeness (QED) is 0.481. The summed E-state index contributed by atoms with van der Waals surface area (Å²) in [4.78, 5) is 22.1. The van der Waals surface area contributed by atoms with Crippen molar-refractivity contribution in [1.29, 1.82) is 0 Å². The zero-order valence-electron chi connectivity index (χ0n) is 11.2. The first kappa shape index (κ1) is 14.6. The number of halogens is 1. The summed E-state index contributed by atoms with van der Waals surface area (Å²) in [5.41, 5.74) is 0.497. The zero-order valence-corrected chi connectivity index (χ0v) is 11.2. The molecule has 0 aromatic heterocycles. The minimum Gasteiger partial charge on any atom is -0.497 e. The highest BCUT2D eigenvalue weighted by atomic mass is 19.1. The minimum absolute atomic E-state index is 0.0265. The van der Waals surface area contributed by atoms with Gasteiger partial charge >= 0.3 is 0 Å². The van der Waals surface area contributed by atoms with Gasteiger partial charge in [-0.3, -0.25) is 14.9 Å². The highest BCUT2D eigenvalue weighted by Gasteiger charge is 2.14. The number of benzene rings is 2. The van der Waals surface area contributed by atoms with Crippen LogP contribution in [0.2, 0.25) is 0 Å². The van der Waals surface area contributed by atoms with E-state index in [1.54, 1.807) is 0 Å². The molecule has 0 atom stereocenters. The first-order valence-electron chi connectivity index (χ1n) is 6.11. The molecule has 0 unspecified atom stereocenters. The molecule has 108 valence electrons. The smallest absolute Gasteiger partial charge is 0.269 e. The monoisotopic (exact) mass is 289 g/mol. The SMILES string of the molecule is COc1ccc(C(=O)Cc2ccc([N+](=O)[O-])cc2)c(F)c1. The van der Waals surface area contributed by atoms with Gasteiger partial charge in [-0.05, 0) is 17.7 Å². The Morgan fingerprint density at radius 1 is 1.24 bits per heavy atom. The second-order valence-corrected chi connectivity index (χ2v) is 4.37. The topological polar surface area (TPSA) is 69.4 Å². The molecule has 0 aliphatic carbocycles. The van der Waals surface area contributed by atoms with Crippen molar-refractivity contribution in [3.8, 4) is 5.75 Å². The highest BCUT2D eigenvalue weighted by molar-refractivity contribution is 5.97. The molecule has 5 nitrogen and oxygen atoms in total. The van der Waals surface area contributed by atoms with E-state index in [4.69, 9.17) is 4.74 Å². The first-order valence-corrected chi connectivity index (χ1v) is 6.11. The van der Waals surface area contributed by atoms with Crippen LogP contribution in [0.15, 0.2) is 42.5 Å². The van der Waals surface area contributed by atoms with E-state index >= 15 is 0 Å². The Bertz CT molecular complexity index is 683. The summed E-state index contributed by atoms with van der Waals surface area (Å²) in [7, 11) is 1.41. The van der Waals surface area contributed by atoms with Crippen LogP contribution < -0.4 is 4.74 Å². The van der Waals surface area contributed by atoms with Crippen molar-refractivity contribution in [2.24, 2.45) is 0 Å². The van der Waals surface area contributed by atoms with E-state index in [0.29, 0.717) is 11.3 Å². The van der Waals surface area contributed by atoms with Gasteiger partial charge in [0.25, 0.3) is 5.69 Å². The van der Waals surface area contributed by atoms with Gasteiger partial charge in [-0.25, -0.2) is 4.39 Å². The molecule has 0 spiro atoms. The predicted octanol–water partition coefficient (Wildman–Crippen LogP) is 3.17. The van der Waals surface area contributed by atoms with Gasteiger partial charge in [0.15, 0.2) is 5.78 Å². The number of Topliss-reactive ketones (excluding diaryl/α,β-unsaturated/α-hetero) is 1. The van der Waals surface area contributed by atoms with Crippen LogP contribution in [0.1, 0.15) is 15.9 Å². The van der Waals surface area contributed by atoms with Crippen LogP contribution in [0.3, 0.4) is 0 Å². The number of carbonyl (C=O) groups is 1. The lowest BCUT2D eigenvalue weighted by Gasteiger charge is -2.05. The average Bonchev–Trinajstić information content (AvgIpc) is 2.47. The summed E-state index contributed by atoms with van der Waals surface area (Å²) in [6, 6.07) is 9.60. The second-order valence-electron chi connectivity index (χ2n) is 4.37. The maximum absolute atomic E-state index is 13.8. The molecule has 0 amide bonds. The summed E-state index contributed by atoms with van der Waals surface area (Å²) in [5.74, 6) is -0.718. The number of hydrogen-bond acceptors (Lipinski definition) is 4. The third-order valence-electron chi connectivity index (χ3n) is 2.99. The number of hydrogen-bond donors (Lipinski definition) is 0. The number of nitro groups is 1. The van der Waals surface area contributed by atoms with E-state index in [9.17, 15) is 19.3 Å². The number of nitro benzene ring substituents is 1. The van der Waals surface area contributed by atoms with Crippen molar-refractivity contribution in [2.45, 2.75) is 6.42 Å². The van der Waals surface area contributed by atoms with Gasteiger partial charge in [0, 0.05) is 24.6 Å². The number of non-ortho nitro benzene ring substituents is 1. The number of rotatable bonds is 5. The summed E-state index contributed by atoms with van der Waals surface area (Å²) < 4.78 is 18.6. The van der Waals surface area contributed by atoms with Gasteiger partial charge in [0.1, 0.15) is 11.6 Å². The van der Waals surface area contributed by atoms with Gasteiger partial charge in [0.2, 0.25) is 0 Å². The molecule has 0 saturated heterocycles. The second kappa shape index (κ2) is 6.13. The largest absolute Gasteiger partial charge is 0.497 e. The number of nitrogens with zero attached hydrogens (tertiary/aromatic N) is 1. The molecule has 0 heterocycles. The molecule has 0 aliphatic rings. The molecule has 0 saturated carbocycles. The summed E-state index contributed by atoms with van der Waals surface area (Å²) >= 11 is 0. The average molecular weight is 289 g/mol. The van der Waals surface area contributed by atoms with Gasteiger partial charge in [-0.15, -0.1) is 0 Å².